The monoisotopic (exact) mass is 322 g/mol. The Kier molecular flexibility index (Phi) is 3.57. The summed E-state index contributed by atoms with van der Waals surface area (Å²) in [7, 11) is 1.60. The minimum atomic E-state index is -0.677. The molecule has 0 fully saturated rings. The van der Waals surface area contributed by atoms with Crippen molar-refractivity contribution in [2.45, 2.75) is 5.38 Å². The van der Waals surface area contributed by atoms with Gasteiger partial charge in [0.05, 0.1) is 23.5 Å². The number of fused-ring (bicyclic) bond motifs is 1. The van der Waals surface area contributed by atoms with Crippen LogP contribution in [0.15, 0.2) is 39.2 Å². The molecule has 1 aromatic carbocycles. The van der Waals surface area contributed by atoms with Gasteiger partial charge in [-0.25, -0.2) is 0 Å². The first-order valence-electron chi connectivity index (χ1n) is 6.11. The number of halogens is 1. The van der Waals surface area contributed by atoms with E-state index >= 15 is 0 Å². The van der Waals surface area contributed by atoms with Crippen LogP contribution < -0.4 is 15.9 Å². The van der Waals surface area contributed by atoms with Gasteiger partial charge in [0.15, 0.2) is 0 Å². The minimum absolute atomic E-state index is 0.348. The number of thiophene rings is 1. The average molecular weight is 323 g/mol. The SMILES string of the molecule is COc1csc(C(Cl)c2ccc3[nH]c(=O)c(=O)[nH]c3c2)c1. The smallest absolute Gasteiger partial charge is 0.314 e. The van der Waals surface area contributed by atoms with E-state index in [1.165, 1.54) is 11.3 Å². The maximum Gasteiger partial charge on any atom is 0.314 e. The first-order chi connectivity index (χ1) is 10.1. The van der Waals surface area contributed by atoms with Crippen molar-refractivity contribution in [3.05, 3.63) is 60.8 Å². The highest BCUT2D eigenvalue weighted by Gasteiger charge is 2.14. The predicted molar refractivity (Wildman–Crippen MR) is 83.8 cm³/mol. The number of ether oxygens (including phenoxy) is 1. The summed E-state index contributed by atoms with van der Waals surface area (Å²) in [6.07, 6.45) is 0. The molecule has 0 saturated carbocycles. The van der Waals surface area contributed by atoms with E-state index in [2.05, 4.69) is 9.97 Å². The van der Waals surface area contributed by atoms with Gasteiger partial charge in [0.25, 0.3) is 0 Å². The second-order valence-corrected chi connectivity index (χ2v) is 5.84. The molecule has 0 amide bonds. The topological polar surface area (TPSA) is 75.0 Å². The fourth-order valence-corrected chi connectivity index (χ4v) is 3.24. The Bertz CT molecular complexity index is 912. The third-order valence-electron chi connectivity index (χ3n) is 3.12. The number of hydrogen-bond acceptors (Lipinski definition) is 4. The lowest BCUT2D eigenvalue weighted by atomic mass is 10.1. The van der Waals surface area contributed by atoms with E-state index in [4.69, 9.17) is 16.3 Å². The summed E-state index contributed by atoms with van der Waals surface area (Å²) < 4.78 is 5.14. The molecule has 3 rings (SSSR count). The van der Waals surface area contributed by atoms with Crippen molar-refractivity contribution >= 4 is 34.0 Å². The molecule has 1 atom stereocenters. The van der Waals surface area contributed by atoms with Gasteiger partial charge in [-0.3, -0.25) is 9.59 Å². The summed E-state index contributed by atoms with van der Waals surface area (Å²) in [4.78, 5) is 28.7. The Morgan fingerprint density at radius 3 is 2.52 bits per heavy atom. The molecule has 0 radical (unpaired) electrons. The van der Waals surface area contributed by atoms with Crippen LogP contribution in [0.2, 0.25) is 0 Å². The second kappa shape index (κ2) is 5.38. The standard InChI is InChI=1S/C14H11ClN2O3S/c1-20-8-5-11(21-6-8)12(15)7-2-3-9-10(4-7)17-14(19)13(18)16-9/h2-6,12H,1H3,(H,16,18)(H,17,19). The lowest BCUT2D eigenvalue weighted by molar-refractivity contribution is 0.416. The highest BCUT2D eigenvalue weighted by Crippen LogP contribution is 2.35. The van der Waals surface area contributed by atoms with Crippen LogP contribution in [0, 0.1) is 0 Å². The molecule has 108 valence electrons. The van der Waals surface area contributed by atoms with Crippen LogP contribution in [0.1, 0.15) is 15.8 Å². The first-order valence-corrected chi connectivity index (χ1v) is 7.43. The van der Waals surface area contributed by atoms with Crippen molar-refractivity contribution in [3.8, 4) is 5.75 Å². The molecule has 0 aliphatic heterocycles. The summed E-state index contributed by atoms with van der Waals surface area (Å²) in [5.74, 6) is 0.763. The van der Waals surface area contributed by atoms with Gasteiger partial charge < -0.3 is 14.7 Å². The molecule has 0 spiro atoms. The maximum atomic E-state index is 11.4. The summed E-state index contributed by atoms with van der Waals surface area (Å²) >= 11 is 7.97. The van der Waals surface area contributed by atoms with Crippen molar-refractivity contribution in [2.75, 3.05) is 7.11 Å². The third-order valence-corrected chi connectivity index (χ3v) is 4.71. The van der Waals surface area contributed by atoms with E-state index in [1.54, 1.807) is 19.2 Å². The van der Waals surface area contributed by atoms with Crippen LogP contribution in [-0.4, -0.2) is 17.1 Å². The Labute approximate surface area is 128 Å². The van der Waals surface area contributed by atoms with Gasteiger partial charge in [0.2, 0.25) is 0 Å². The lowest BCUT2D eigenvalue weighted by Crippen LogP contribution is -2.28. The Morgan fingerprint density at radius 2 is 1.86 bits per heavy atom. The van der Waals surface area contributed by atoms with Crippen molar-refractivity contribution in [2.24, 2.45) is 0 Å². The zero-order valence-corrected chi connectivity index (χ0v) is 12.5. The molecule has 0 bridgehead atoms. The zero-order valence-electron chi connectivity index (χ0n) is 11.0. The largest absolute Gasteiger partial charge is 0.496 e. The van der Waals surface area contributed by atoms with Crippen LogP contribution in [0.3, 0.4) is 0 Å². The number of aromatic nitrogens is 2. The molecule has 2 N–H and O–H groups in total. The number of aromatic amines is 2. The quantitative estimate of drug-likeness (QED) is 0.575. The van der Waals surface area contributed by atoms with E-state index in [1.807, 2.05) is 17.5 Å². The third kappa shape index (κ3) is 2.59. The van der Waals surface area contributed by atoms with Crippen molar-refractivity contribution < 1.29 is 4.74 Å². The molecular formula is C14H11ClN2O3S. The minimum Gasteiger partial charge on any atom is -0.496 e. The predicted octanol–water partition coefficient (Wildman–Crippen LogP) is 2.61. The van der Waals surface area contributed by atoms with Crippen LogP contribution in [0.4, 0.5) is 0 Å². The molecule has 21 heavy (non-hydrogen) atoms. The Balaban J connectivity index is 2.05. The van der Waals surface area contributed by atoms with Crippen LogP contribution in [0.5, 0.6) is 5.75 Å². The molecule has 5 nitrogen and oxygen atoms in total. The highest BCUT2D eigenvalue weighted by atomic mass is 35.5. The van der Waals surface area contributed by atoms with Crippen LogP contribution >= 0.6 is 22.9 Å². The summed E-state index contributed by atoms with van der Waals surface area (Å²) in [6.45, 7) is 0. The molecule has 0 saturated heterocycles. The maximum absolute atomic E-state index is 11.4. The zero-order chi connectivity index (χ0) is 15.0. The van der Waals surface area contributed by atoms with Gasteiger partial charge in [-0.1, -0.05) is 6.07 Å². The summed E-state index contributed by atoms with van der Waals surface area (Å²) in [6, 6.07) is 7.18. The molecule has 3 aromatic rings. The highest BCUT2D eigenvalue weighted by molar-refractivity contribution is 7.10. The normalized spacial score (nSPS) is 12.5. The number of methoxy groups -OCH3 is 1. The van der Waals surface area contributed by atoms with E-state index in [-0.39, 0.29) is 5.38 Å². The molecule has 1 unspecified atom stereocenters. The van der Waals surface area contributed by atoms with Crippen LogP contribution in [-0.2, 0) is 0 Å². The lowest BCUT2D eigenvalue weighted by Gasteiger charge is -2.08. The number of rotatable bonds is 3. The van der Waals surface area contributed by atoms with Crippen LogP contribution in [0.25, 0.3) is 11.0 Å². The van der Waals surface area contributed by atoms with E-state index in [9.17, 15) is 9.59 Å². The van der Waals surface area contributed by atoms with Crippen molar-refractivity contribution in [1.82, 2.24) is 9.97 Å². The number of hydrogen-bond donors (Lipinski definition) is 2. The molecule has 0 aliphatic carbocycles. The summed E-state index contributed by atoms with van der Waals surface area (Å²) in [5.41, 5.74) is 0.600. The number of alkyl halides is 1. The average Bonchev–Trinajstić information content (AvgIpc) is 2.96. The first kappa shape index (κ1) is 13.9. The van der Waals surface area contributed by atoms with Gasteiger partial charge in [0, 0.05) is 10.3 Å². The molecule has 2 aromatic heterocycles. The van der Waals surface area contributed by atoms with E-state index in [0.717, 1.165) is 16.2 Å². The van der Waals surface area contributed by atoms with E-state index in [0.29, 0.717) is 11.0 Å². The molecule has 0 aliphatic rings. The van der Waals surface area contributed by atoms with Gasteiger partial charge in [-0.2, -0.15) is 0 Å². The fraction of sp³-hybridized carbons (Fsp3) is 0.143. The molecule has 2 heterocycles. The number of nitrogens with one attached hydrogen (secondary N) is 2. The van der Waals surface area contributed by atoms with Gasteiger partial charge in [-0.05, 0) is 23.8 Å². The van der Waals surface area contributed by atoms with Crippen molar-refractivity contribution in [1.29, 1.82) is 0 Å². The fourth-order valence-electron chi connectivity index (χ4n) is 2.03. The molecule has 7 heteroatoms. The van der Waals surface area contributed by atoms with Crippen molar-refractivity contribution in [3.63, 3.8) is 0 Å². The Morgan fingerprint density at radius 1 is 1.14 bits per heavy atom. The van der Waals surface area contributed by atoms with Gasteiger partial charge in [-0.15, -0.1) is 22.9 Å². The molecular weight excluding hydrogens is 312 g/mol. The van der Waals surface area contributed by atoms with Gasteiger partial charge >= 0.3 is 11.1 Å². The Hall–Kier alpha value is -2.05. The second-order valence-electron chi connectivity index (χ2n) is 4.46. The number of H-pyrrole nitrogens is 2. The van der Waals surface area contributed by atoms with E-state index < -0.39 is 11.1 Å². The van der Waals surface area contributed by atoms with Gasteiger partial charge in [0.1, 0.15) is 5.75 Å². The summed E-state index contributed by atoms with van der Waals surface area (Å²) in [5, 5.41) is 1.53. The number of benzene rings is 1.